The van der Waals surface area contributed by atoms with Crippen LogP contribution in [0.1, 0.15) is 16.7 Å². The zero-order valence-corrected chi connectivity index (χ0v) is 20.1. The van der Waals surface area contributed by atoms with Crippen LogP contribution in [0.15, 0.2) is 89.8 Å². The fourth-order valence-electron chi connectivity index (χ4n) is 3.82. The molecule has 174 valence electrons. The van der Waals surface area contributed by atoms with E-state index in [4.69, 9.17) is 17.6 Å². The molecule has 3 rings (SSSR count). The molecule has 0 heterocycles. The lowest BCUT2D eigenvalue weighted by molar-refractivity contribution is 0.00272. The Kier molecular flexibility index (Phi) is 8.68. The summed E-state index contributed by atoms with van der Waals surface area (Å²) in [5.41, 5.74) is 1.89. The average Bonchev–Trinajstić information content (AvgIpc) is 2.86. The van der Waals surface area contributed by atoms with Gasteiger partial charge in [-0.2, -0.15) is 0 Å². The number of aryl methyl sites for hydroxylation is 1. The number of hydrogen-bond donors (Lipinski definition) is 1. The van der Waals surface area contributed by atoms with Gasteiger partial charge >= 0.3 is 0 Å². The second-order valence-electron chi connectivity index (χ2n) is 8.16. The summed E-state index contributed by atoms with van der Waals surface area (Å²) in [5, 5.41) is 0. The third-order valence-electron chi connectivity index (χ3n) is 5.71. The van der Waals surface area contributed by atoms with E-state index in [1.165, 1.54) is 0 Å². The third kappa shape index (κ3) is 6.59. The Morgan fingerprint density at radius 1 is 0.853 bits per heavy atom. The molecule has 0 unspecified atom stereocenters. The fourth-order valence-corrected chi connectivity index (χ4v) is 4.84. The van der Waals surface area contributed by atoms with Gasteiger partial charge in [-0.15, -0.1) is 12.8 Å². The summed E-state index contributed by atoms with van der Waals surface area (Å²) in [4.78, 5) is 0.198. The molecule has 0 aliphatic carbocycles. The number of nitrogens with one attached hydrogen (secondary N) is 1. The Balaban J connectivity index is 1.74. The highest BCUT2D eigenvalue weighted by Gasteiger charge is 2.37. The van der Waals surface area contributed by atoms with Crippen LogP contribution >= 0.6 is 0 Å². The zero-order chi connectivity index (χ0) is 24.4. The van der Waals surface area contributed by atoms with Gasteiger partial charge in [0.2, 0.25) is 10.0 Å². The molecule has 0 fully saturated rings. The quantitative estimate of drug-likeness (QED) is 0.333. The molecule has 0 bridgehead atoms. The van der Waals surface area contributed by atoms with Crippen molar-refractivity contribution in [3.63, 3.8) is 0 Å². The highest BCUT2D eigenvalue weighted by molar-refractivity contribution is 7.89. The minimum Gasteiger partial charge on any atom is -0.350 e. The summed E-state index contributed by atoms with van der Waals surface area (Å²) in [6.07, 6.45) is 13.1. The molecule has 34 heavy (non-hydrogen) atoms. The van der Waals surface area contributed by atoms with Crippen molar-refractivity contribution < 1.29 is 13.2 Å². The third-order valence-corrected chi connectivity index (χ3v) is 7.19. The van der Waals surface area contributed by atoms with Crippen molar-refractivity contribution >= 4 is 10.0 Å². The minimum atomic E-state index is -3.66. The standard InChI is InChI=1S/C29H29NO3S/c1-4-29(5-2,33-21-20-30-34(31,32)28-18-16-24(3)17-19-28)27(22-25-12-8-6-9-13-25)23-26-14-10-7-11-15-26/h1-2,6-19,27,30H,20-23H2,3H3. The van der Waals surface area contributed by atoms with Crippen molar-refractivity contribution in [1.82, 2.24) is 4.72 Å². The van der Waals surface area contributed by atoms with Gasteiger partial charge in [-0.25, -0.2) is 13.1 Å². The molecule has 3 aromatic rings. The smallest absolute Gasteiger partial charge is 0.240 e. The van der Waals surface area contributed by atoms with Gasteiger partial charge in [-0.05, 0) is 43.0 Å². The SMILES string of the molecule is C#CC(C#C)(OCCNS(=O)(=O)c1ccc(C)cc1)C(Cc1ccccc1)Cc1ccccc1. The Morgan fingerprint density at radius 3 is 1.82 bits per heavy atom. The number of sulfonamides is 1. The van der Waals surface area contributed by atoms with E-state index in [-0.39, 0.29) is 24.0 Å². The van der Waals surface area contributed by atoms with E-state index in [2.05, 4.69) is 16.6 Å². The second kappa shape index (κ2) is 11.7. The maximum atomic E-state index is 12.6. The van der Waals surface area contributed by atoms with E-state index < -0.39 is 15.6 Å². The predicted octanol–water partition coefficient (Wildman–Crippen LogP) is 4.40. The maximum Gasteiger partial charge on any atom is 0.240 e. The van der Waals surface area contributed by atoms with E-state index >= 15 is 0 Å². The highest BCUT2D eigenvalue weighted by Crippen LogP contribution is 2.29. The number of benzene rings is 3. The van der Waals surface area contributed by atoms with Crippen LogP contribution in [-0.4, -0.2) is 27.2 Å². The van der Waals surface area contributed by atoms with E-state index in [0.29, 0.717) is 12.8 Å². The first-order valence-corrected chi connectivity index (χ1v) is 12.6. The lowest BCUT2D eigenvalue weighted by Crippen LogP contribution is -2.42. The van der Waals surface area contributed by atoms with Crippen molar-refractivity contribution in [2.75, 3.05) is 13.2 Å². The number of rotatable bonds is 11. The molecule has 0 saturated carbocycles. The highest BCUT2D eigenvalue weighted by atomic mass is 32.2. The molecule has 0 aliphatic heterocycles. The number of terminal acetylenes is 2. The molecule has 0 spiro atoms. The van der Waals surface area contributed by atoms with Crippen molar-refractivity contribution in [2.24, 2.45) is 5.92 Å². The summed E-state index contributed by atoms with van der Waals surface area (Å²) in [5.74, 6) is 5.20. The Hall–Kier alpha value is -3.35. The van der Waals surface area contributed by atoms with Gasteiger partial charge < -0.3 is 4.74 Å². The van der Waals surface area contributed by atoms with E-state index in [0.717, 1.165) is 16.7 Å². The van der Waals surface area contributed by atoms with Crippen LogP contribution in [-0.2, 0) is 27.6 Å². The van der Waals surface area contributed by atoms with Gasteiger partial charge in [-0.3, -0.25) is 0 Å². The van der Waals surface area contributed by atoms with E-state index in [9.17, 15) is 8.42 Å². The van der Waals surface area contributed by atoms with Gasteiger partial charge in [0.1, 0.15) is 0 Å². The van der Waals surface area contributed by atoms with Gasteiger partial charge in [0, 0.05) is 12.5 Å². The molecule has 0 aliphatic rings. The molecular weight excluding hydrogens is 442 g/mol. The van der Waals surface area contributed by atoms with E-state index in [1.807, 2.05) is 67.6 Å². The van der Waals surface area contributed by atoms with Gasteiger partial charge in [0.05, 0.1) is 11.5 Å². The molecule has 0 atom stereocenters. The molecular formula is C29H29NO3S. The van der Waals surface area contributed by atoms with Crippen LogP contribution in [0, 0.1) is 37.5 Å². The molecule has 5 heteroatoms. The predicted molar refractivity (Wildman–Crippen MR) is 136 cm³/mol. The van der Waals surface area contributed by atoms with Crippen LogP contribution in [0.5, 0.6) is 0 Å². The molecule has 1 N–H and O–H groups in total. The summed E-state index contributed by atoms with van der Waals surface area (Å²) in [6.45, 7) is 1.99. The normalized spacial score (nSPS) is 11.6. The molecule has 0 radical (unpaired) electrons. The molecule has 4 nitrogen and oxygen atoms in total. The van der Waals surface area contributed by atoms with Crippen LogP contribution in [0.2, 0.25) is 0 Å². The van der Waals surface area contributed by atoms with Crippen molar-refractivity contribution in [3.05, 3.63) is 102 Å². The molecule has 0 saturated heterocycles. The zero-order valence-electron chi connectivity index (χ0n) is 19.3. The first kappa shape index (κ1) is 25.3. The van der Waals surface area contributed by atoms with E-state index in [1.54, 1.807) is 24.3 Å². The van der Waals surface area contributed by atoms with Crippen LogP contribution in [0.4, 0.5) is 0 Å². The van der Waals surface area contributed by atoms with Gasteiger partial charge in [0.15, 0.2) is 5.60 Å². The maximum absolute atomic E-state index is 12.6. The van der Waals surface area contributed by atoms with Crippen LogP contribution in [0.3, 0.4) is 0 Å². The monoisotopic (exact) mass is 471 g/mol. The van der Waals surface area contributed by atoms with Crippen LogP contribution < -0.4 is 4.72 Å². The van der Waals surface area contributed by atoms with Gasteiger partial charge in [0.25, 0.3) is 0 Å². The number of hydrogen-bond acceptors (Lipinski definition) is 3. The number of ether oxygens (including phenoxy) is 1. The molecule has 0 aromatic heterocycles. The van der Waals surface area contributed by atoms with Crippen molar-refractivity contribution in [2.45, 2.75) is 30.3 Å². The average molecular weight is 472 g/mol. The Morgan fingerprint density at radius 2 is 1.35 bits per heavy atom. The van der Waals surface area contributed by atoms with Crippen LogP contribution in [0.25, 0.3) is 0 Å². The fraction of sp³-hybridized carbons (Fsp3) is 0.241. The largest absolute Gasteiger partial charge is 0.350 e. The first-order valence-electron chi connectivity index (χ1n) is 11.1. The van der Waals surface area contributed by atoms with Crippen molar-refractivity contribution in [3.8, 4) is 24.7 Å². The first-order chi connectivity index (χ1) is 16.4. The lowest BCUT2D eigenvalue weighted by Gasteiger charge is -2.33. The molecule has 3 aromatic carbocycles. The summed E-state index contributed by atoms with van der Waals surface area (Å²) in [6, 6.07) is 26.6. The summed E-state index contributed by atoms with van der Waals surface area (Å²) < 4.78 is 33.8. The Bertz CT molecular complexity index is 1180. The summed E-state index contributed by atoms with van der Waals surface area (Å²) >= 11 is 0. The molecule has 0 amide bonds. The summed E-state index contributed by atoms with van der Waals surface area (Å²) in [7, 11) is -3.66. The van der Waals surface area contributed by atoms with Gasteiger partial charge in [-0.1, -0.05) is 90.2 Å². The van der Waals surface area contributed by atoms with Crippen molar-refractivity contribution in [1.29, 1.82) is 0 Å². The topological polar surface area (TPSA) is 55.4 Å². The second-order valence-corrected chi connectivity index (χ2v) is 9.93. The Labute approximate surface area is 203 Å². The minimum absolute atomic E-state index is 0.0412. The lowest BCUT2D eigenvalue weighted by atomic mass is 9.79.